The number of aliphatic hydroxyl groups is 5. The molecule has 6 N–H and O–H groups in total. The van der Waals surface area contributed by atoms with E-state index in [1.54, 1.807) is 32.9 Å². The molecular formula is C78H111N3O18S. The highest BCUT2D eigenvalue weighted by Gasteiger charge is 2.57. The molecule has 0 aromatic heterocycles. The Balaban J connectivity index is 1.14. The number of ether oxygens (including phenoxy) is 5. The molecule has 3 fully saturated rings. The van der Waals surface area contributed by atoms with Crippen molar-refractivity contribution in [2.45, 2.75) is 217 Å². The van der Waals surface area contributed by atoms with Gasteiger partial charge < -0.3 is 59.4 Å². The van der Waals surface area contributed by atoms with Gasteiger partial charge in [-0.1, -0.05) is 125 Å². The number of nitrogens with one attached hydrogen (secondary N) is 1. The van der Waals surface area contributed by atoms with Gasteiger partial charge in [-0.3, -0.25) is 24.0 Å². The van der Waals surface area contributed by atoms with Crippen molar-refractivity contribution < 1.29 is 86.4 Å². The number of carbonyl (C=O) groups excluding carboxylic acids is 6. The van der Waals surface area contributed by atoms with Gasteiger partial charge in [0.25, 0.3) is 11.7 Å². The fourth-order valence-electron chi connectivity index (χ4n) is 14.8. The van der Waals surface area contributed by atoms with Crippen LogP contribution < -0.4 is 10.1 Å². The van der Waals surface area contributed by atoms with Crippen LogP contribution in [0.5, 0.6) is 5.75 Å². The lowest BCUT2D eigenvalue weighted by Crippen LogP contribution is -2.64. The first kappa shape index (κ1) is 81.0. The summed E-state index contributed by atoms with van der Waals surface area (Å²) in [5.41, 5.74) is 2.99. The number of aliphatic hydroxyl groups excluding tert-OH is 4. The first-order valence-electron chi connectivity index (χ1n) is 35.8. The van der Waals surface area contributed by atoms with E-state index in [9.17, 15) is 62.7 Å². The average molecular weight is 1410 g/mol. The zero-order valence-corrected chi connectivity index (χ0v) is 61.0. The summed E-state index contributed by atoms with van der Waals surface area (Å²) in [6, 6.07) is 22.3. The summed E-state index contributed by atoms with van der Waals surface area (Å²) in [5.74, 6) is -10.6. The number of cyclic esters (lactones) is 1. The minimum absolute atomic E-state index is 0.0116. The second-order valence-corrected chi connectivity index (χ2v) is 31.0. The second-order valence-electron chi connectivity index (χ2n) is 29.1. The van der Waals surface area contributed by atoms with Crippen molar-refractivity contribution in [3.8, 4) is 5.75 Å². The predicted molar refractivity (Wildman–Crippen MR) is 378 cm³/mol. The third-order valence-electron chi connectivity index (χ3n) is 20.6. The molecule has 1 aliphatic carbocycles. The number of amides is 2. The van der Waals surface area contributed by atoms with Crippen molar-refractivity contribution in [3.05, 3.63) is 132 Å². The number of nitrogens with zero attached hydrogens (tertiary/aromatic N) is 2. The predicted octanol–water partition coefficient (Wildman–Crippen LogP) is 8.64. The number of fused-ring (bicyclic) bond motifs is 3. The quantitative estimate of drug-likeness (QED) is 0.0249. The Morgan fingerprint density at radius 1 is 0.820 bits per heavy atom. The van der Waals surface area contributed by atoms with Crippen LogP contribution in [0, 0.1) is 47.3 Å². The third kappa shape index (κ3) is 22.1. The van der Waals surface area contributed by atoms with E-state index in [1.165, 1.54) is 37.8 Å². The number of allylic oxidation sites excluding steroid dienone is 5. The fourth-order valence-corrected chi connectivity index (χ4v) is 16.5. The number of Topliss-reactive ketones (excluding diaryl/α,β-unsaturated/α-hetero) is 3. The maximum absolute atomic E-state index is 14.9. The maximum Gasteiger partial charge on any atom is 0.329 e. The molecule has 4 aliphatic rings. The van der Waals surface area contributed by atoms with Crippen molar-refractivity contribution >= 4 is 45.2 Å². The van der Waals surface area contributed by atoms with Gasteiger partial charge in [0.15, 0.2) is 0 Å². The van der Waals surface area contributed by atoms with E-state index in [0.717, 1.165) is 21.6 Å². The van der Waals surface area contributed by atoms with Crippen LogP contribution in [0.25, 0.3) is 0 Å². The molecule has 7 rings (SSSR count). The first-order chi connectivity index (χ1) is 47.6. The van der Waals surface area contributed by atoms with Crippen molar-refractivity contribution in [1.29, 1.82) is 0 Å². The zero-order chi connectivity index (χ0) is 73.0. The summed E-state index contributed by atoms with van der Waals surface area (Å²) in [4.78, 5) is 88.9. The molecule has 100 heavy (non-hydrogen) atoms. The molecule has 2 bridgehead atoms. The highest BCUT2D eigenvalue weighted by Crippen LogP contribution is 2.40. The number of hydrogen-bond donors (Lipinski definition) is 6. The summed E-state index contributed by atoms with van der Waals surface area (Å²) in [7, 11) is 0.342. The molecular weight excluding hydrogens is 1300 g/mol. The van der Waals surface area contributed by atoms with Gasteiger partial charge in [0.2, 0.25) is 21.7 Å². The van der Waals surface area contributed by atoms with Gasteiger partial charge in [0.05, 0.1) is 48.6 Å². The van der Waals surface area contributed by atoms with Crippen LogP contribution in [0.2, 0.25) is 0 Å². The number of sulfonamides is 1. The molecule has 3 aliphatic heterocycles. The monoisotopic (exact) mass is 1410 g/mol. The lowest BCUT2D eigenvalue weighted by molar-refractivity contribution is -0.302. The van der Waals surface area contributed by atoms with Gasteiger partial charge >= 0.3 is 5.97 Å². The van der Waals surface area contributed by atoms with E-state index in [1.807, 2.05) is 113 Å². The highest BCUT2D eigenvalue weighted by molar-refractivity contribution is 7.89. The van der Waals surface area contributed by atoms with Crippen molar-refractivity contribution in [3.63, 3.8) is 0 Å². The fraction of sp³-hybridized carbons (Fsp3) is 0.615. The summed E-state index contributed by atoms with van der Waals surface area (Å²) >= 11 is 0. The maximum atomic E-state index is 14.9. The van der Waals surface area contributed by atoms with Gasteiger partial charge in [0, 0.05) is 89.3 Å². The average Bonchev–Trinajstić information content (AvgIpc) is 0.769. The molecule has 1 unspecified atom stereocenters. The van der Waals surface area contributed by atoms with E-state index in [4.69, 9.17) is 23.7 Å². The third-order valence-corrected chi connectivity index (χ3v) is 22.5. The van der Waals surface area contributed by atoms with Crippen LogP contribution >= 0.6 is 0 Å². The summed E-state index contributed by atoms with van der Waals surface area (Å²) in [6.07, 6.45) is 4.29. The number of benzene rings is 3. The number of esters is 1. The topological polar surface area (TPSA) is 302 Å². The van der Waals surface area contributed by atoms with Crippen molar-refractivity contribution in [2.24, 2.45) is 47.3 Å². The standard InChI is InChI=1S/C78H111N3O18S/c1-49(2)46-80(100(93,94)63-32-30-62(95-8)31-33-63)47-69(87)64(43-56-24-16-12-17-25-56)79-75(89)59(41-55-22-14-11-15-23-55)44-61(83)27-19-13-18-26-58-37-50(3)36-51(4)38-70(96-9)73-71(97-10)40-53(6)78(92,99-73)74(88)76(90)81-35-21-20-28-65(81)77(91)98-72(54(7)67(85)45-68(58)86)52(5)39-57-29-34-66(84)60(42-57)48-82/h11-18,22-25,30-33,37,39,49,51,53-54,57-60,64-67,69-73,82,84-85,87,92H,19-21,26-29,34-36,38,40-48H2,1-10H3,(H,79,89)/b18-13+,50-37+,52-39+/t51-,53+,54+,57-,58+,59?,60-,64-,65-,66+,67-,69+,70-,71-,72+,73+,78+/m0/s1. The van der Waals surface area contributed by atoms with Crippen molar-refractivity contribution in [2.75, 3.05) is 47.6 Å². The number of piperidine rings is 1. The normalized spacial score (nSPS) is 29.6. The molecule has 22 heteroatoms. The molecule has 0 radical (unpaired) electrons. The Morgan fingerprint density at radius 3 is 2.10 bits per heavy atom. The number of methoxy groups -OCH3 is 3. The number of rotatable bonds is 26. The molecule has 17 atom stereocenters. The van der Waals surface area contributed by atoms with E-state index < -0.39 is 118 Å². The largest absolute Gasteiger partial charge is 0.497 e. The first-order valence-corrected chi connectivity index (χ1v) is 37.3. The Labute approximate surface area is 592 Å². The molecule has 552 valence electrons. The van der Waals surface area contributed by atoms with E-state index >= 15 is 0 Å². The smallest absolute Gasteiger partial charge is 0.329 e. The van der Waals surface area contributed by atoms with E-state index in [0.29, 0.717) is 56.3 Å². The molecule has 2 amide bonds. The van der Waals surface area contributed by atoms with Crippen LogP contribution in [-0.2, 0) is 70.6 Å². The van der Waals surface area contributed by atoms with Gasteiger partial charge in [-0.2, -0.15) is 4.31 Å². The Morgan fingerprint density at radius 2 is 1.47 bits per heavy atom. The van der Waals surface area contributed by atoms with Crippen LogP contribution in [-0.4, -0.2) is 186 Å². The van der Waals surface area contributed by atoms with Crippen molar-refractivity contribution in [1.82, 2.24) is 14.5 Å². The SMILES string of the molecule is COc1ccc(S(=O)(=O)N(CC(C)C)C[C@@H](O)[C@H](Cc2ccccc2)NC(=O)C(CC(=O)CC/C=C/C[C@@H]2/C=C(\C)C[C@H](C)C[C@H](OC)[C@H]3O[C@@](O)(C(=O)C(=O)N4CCCC[C@H]4C(=O)O[C@H](/C(C)=C/[C@@H]4CC[C@@H](O)[C@H](CO)C4)[C@H](C)[C@@H](O)CC2=O)[C@H](C)C[C@@H]3OC)Cc2ccccc2)cc1. The molecule has 1 saturated carbocycles. The minimum Gasteiger partial charge on any atom is -0.497 e. The Bertz CT molecular complexity index is 3360. The molecule has 3 aromatic rings. The molecule has 0 spiro atoms. The van der Waals surface area contributed by atoms with Gasteiger partial charge in [-0.05, 0) is 156 Å². The van der Waals surface area contributed by atoms with E-state index in [2.05, 4.69) is 5.32 Å². The van der Waals surface area contributed by atoms with Crippen LogP contribution in [0.1, 0.15) is 149 Å². The summed E-state index contributed by atoms with van der Waals surface area (Å²) in [6.45, 7) is 12.2. The molecule has 2 saturated heterocycles. The van der Waals surface area contributed by atoms with Crippen LogP contribution in [0.15, 0.2) is 125 Å². The second kappa shape index (κ2) is 38.3. The van der Waals surface area contributed by atoms with E-state index in [-0.39, 0.29) is 124 Å². The molecule has 3 heterocycles. The summed E-state index contributed by atoms with van der Waals surface area (Å²) < 4.78 is 59.7. The van der Waals surface area contributed by atoms with Crippen LogP contribution in [0.3, 0.4) is 0 Å². The number of ketones is 3. The lowest BCUT2D eigenvalue weighted by atomic mass is 9.78. The Hall–Kier alpha value is -6.31. The molecule has 3 aromatic carbocycles. The number of carbonyl (C=O) groups is 6. The number of hydrogen-bond acceptors (Lipinski definition) is 18. The van der Waals surface area contributed by atoms with Gasteiger partial charge in [-0.25, -0.2) is 13.2 Å². The molecule has 21 nitrogen and oxygen atoms in total. The van der Waals surface area contributed by atoms with Gasteiger partial charge in [-0.15, -0.1) is 0 Å². The minimum atomic E-state index is -4.13. The van der Waals surface area contributed by atoms with Gasteiger partial charge in [0.1, 0.15) is 35.6 Å². The zero-order valence-electron chi connectivity index (χ0n) is 60.2. The lowest BCUT2D eigenvalue weighted by Gasteiger charge is -2.47. The summed E-state index contributed by atoms with van der Waals surface area (Å²) in [5, 5.41) is 60.6. The van der Waals surface area contributed by atoms with Crippen LogP contribution in [0.4, 0.5) is 0 Å². The highest BCUT2D eigenvalue weighted by atomic mass is 32.2. The Kier molecular flexibility index (Phi) is 31.0.